The Hall–Kier alpha value is -2.37. The molecule has 4 aromatic rings. The molecule has 0 aliphatic rings. The van der Waals surface area contributed by atoms with Gasteiger partial charge in [0, 0.05) is 18.0 Å². The van der Waals surface area contributed by atoms with E-state index in [1.165, 1.54) is 9.54 Å². The summed E-state index contributed by atoms with van der Waals surface area (Å²) in [6, 6.07) is 16.7. The topological polar surface area (TPSA) is 39.1 Å². The molecule has 2 aromatic heterocycles. The van der Waals surface area contributed by atoms with Crippen LogP contribution in [0.25, 0.3) is 10.9 Å². The van der Waals surface area contributed by atoms with E-state index in [4.69, 9.17) is 0 Å². The molecule has 0 fully saturated rings. The Bertz CT molecular complexity index is 1120. The summed E-state index contributed by atoms with van der Waals surface area (Å²) in [5.74, 6) is 0. The maximum absolute atomic E-state index is 13.1. The summed E-state index contributed by atoms with van der Waals surface area (Å²) < 4.78 is 27.7. The molecule has 0 bridgehead atoms. The van der Waals surface area contributed by atoms with Crippen molar-refractivity contribution in [2.45, 2.75) is 18.2 Å². The van der Waals surface area contributed by atoms with Crippen molar-refractivity contribution in [1.82, 2.24) is 3.97 Å². The molecule has 25 heavy (non-hydrogen) atoms. The summed E-state index contributed by atoms with van der Waals surface area (Å²) in [6.07, 6.45) is 2.48. The van der Waals surface area contributed by atoms with Crippen LogP contribution in [0.1, 0.15) is 16.7 Å². The third-order valence-electron chi connectivity index (χ3n) is 4.31. The van der Waals surface area contributed by atoms with Crippen molar-refractivity contribution in [3.8, 4) is 0 Å². The number of benzene rings is 2. The van der Waals surface area contributed by atoms with Gasteiger partial charge in [-0.15, -0.1) is 0 Å². The second kappa shape index (κ2) is 6.17. The lowest BCUT2D eigenvalue weighted by atomic mass is 10.1. The minimum absolute atomic E-state index is 0.306. The Balaban J connectivity index is 1.88. The highest BCUT2D eigenvalue weighted by molar-refractivity contribution is 7.90. The third-order valence-corrected chi connectivity index (χ3v) is 6.73. The van der Waals surface area contributed by atoms with Gasteiger partial charge in [-0.2, -0.15) is 11.3 Å². The number of rotatable bonds is 4. The predicted molar refractivity (Wildman–Crippen MR) is 103 cm³/mol. The molecule has 0 atom stereocenters. The highest BCUT2D eigenvalue weighted by atomic mass is 32.2. The van der Waals surface area contributed by atoms with Crippen LogP contribution in [0.5, 0.6) is 0 Å². The first kappa shape index (κ1) is 16.1. The number of para-hydroxylation sites is 1. The van der Waals surface area contributed by atoms with Gasteiger partial charge in [0.25, 0.3) is 10.0 Å². The lowest BCUT2D eigenvalue weighted by molar-refractivity contribution is 0.589. The van der Waals surface area contributed by atoms with Crippen molar-refractivity contribution in [2.24, 2.45) is 0 Å². The van der Waals surface area contributed by atoms with Crippen LogP contribution >= 0.6 is 11.3 Å². The van der Waals surface area contributed by atoms with E-state index >= 15 is 0 Å². The van der Waals surface area contributed by atoms with Gasteiger partial charge in [0.05, 0.1) is 10.4 Å². The van der Waals surface area contributed by atoms with Gasteiger partial charge in [-0.05, 0) is 53.1 Å². The molecule has 5 heteroatoms. The first-order valence-electron chi connectivity index (χ1n) is 7.98. The van der Waals surface area contributed by atoms with Crippen molar-refractivity contribution in [3.63, 3.8) is 0 Å². The van der Waals surface area contributed by atoms with Crippen molar-refractivity contribution >= 4 is 32.3 Å². The zero-order chi connectivity index (χ0) is 17.4. The van der Waals surface area contributed by atoms with Crippen LogP contribution in [-0.4, -0.2) is 12.4 Å². The molecule has 0 spiro atoms. The highest BCUT2D eigenvalue weighted by Crippen LogP contribution is 2.28. The van der Waals surface area contributed by atoms with E-state index in [9.17, 15) is 8.42 Å². The number of aryl methyl sites for hydroxylation is 1. The maximum atomic E-state index is 13.1. The van der Waals surface area contributed by atoms with Crippen LogP contribution in [0.2, 0.25) is 0 Å². The van der Waals surface area contributed by atoms with Gasteiger partial charge in [0.2, 0.25) is 0 Å². The standard InChI is InChI=1S/C20H17NO2S2/c1-15-6-8-18(9-7-15)25(22,23)21-13-17(12-16-10-11-24-14-16)19-4-2-3-5-20(19)21/h2-11,13-14H,12H2,1H3. The van der Waals surface area contributed by atoms with Gasteiger partial charge in [-0.25, -0.2) is 12.4 Å². The minimum Gasteiger partial charge on any atom is -0.241 e. The van der Waals surface area contributed by atoms with E-state index in [0.29, 0.717) is 10.4 Å². The molecule has 0 saturated heterocycles. The van der Waals surface area contributed by atoms with Gasteiger partial charge >= 0.3 is 0 Å². The molecule has 0 aliphatic carbocycles. The zero-order valence-corrected chi connectivity index (χ0v) is 15.3. The van der Waals surface area contributed by atoms with Gasteiger partial charge in [0.15, 0.2) is 0 Å². The van der Waals surface area contributed by atoms with E-state index in [1.807, 2.05) is 48.7 Å². The fraction of sp³-hybridized carbons (Fsp3) is 0.100. The summed E-state index contributed by atoms with van der Waals surface area (Å²) in [4.78, 5) is 0.306. The Kier molecular flexibility index (Phi) is 3.98. The van der Waals surface area contributed by atoms with Crippen molar-refractivity contribution in [2.75, 3.05) is 0 Å². The lowest BCUT2D eigenvalue weighted by Crippen LogP contribution is -2.11. The molecule has 126 valence electrons. The second-order valence-electron chi connectivity index (χ2n) is 6.09. The minimum atomic E-state index is -3.62. The molecule has 2 heterocycles. The Morgan fingerprint density at radius 3 is 2.48 bits per heavy atom. The van der Waals surface area contributed by atoms with Crippen LogP contribution in [0.4, 0.5) is 0 Å². The third kappa shape index (κ3) is 2.90. The summed E-state index contributed by atoms with van der Waals surface area (Å²) in [5, 5.41) is 5.11. The maximum Gasteiger partial charge on any atom is 0.268 e. The molecule has 0 unspecified atom stereocenters. The number of aromatic nitrogens is 1. The molecule has 4 rings (SSSR count). The molecule has 2 aromatic carbocycles. The highest BCUT2D eigenvalue weighted by Gasteiger charge is 2.21. The van der Waals surface area contributed by atoms with Crippen molar-refractivity contribution in [3.05, 3.63) is 88.2 Å². The smallest absolute Gasteiger partial charge is 0.241 e. The average Bonchev–Trinajstić information content (AvgIpc) is 3.24. The SMILES string of the molecule is Cc1ccc(S(=O)(=O)n2cc(Cc3ccsc3)c3ccccc32)cc1. The number of fused-ring (bicyclic) bond motifs is 1. The Morgan fingerprint density at radius 1 is 1.00 bits per heavy atom. The number of thiophene rings is 1. The quantitative estimate of drug-likeness (QED) is 0.518. The van der Waals surface area contributed by atoms with Gasteiger partial charge in [-0.3, -0.25) is 0 Å². The van der Waals surface area contributed by atoms with Gasteiger partial charge in [-0.1, -0.05) is 35.9 Å². The average molecular weight is 367 g/mol. The molecule has 0 aliphatic heterocycles. The molecular formula is C20H17NO2S2. The fourth-order valence-electron chi connectivity index (χ4n) is 2.99. The normalized spacial score (nSPS) is 11.9. The molecule has 0 amide bonds. The van der Waals surface area contributed by atoms with Crippen LogP contribution in [-0.2, 0) is 16.4 Å². The molecule has 3 nitrogen and oxygen atoms in total. The molecule has 0 N–H and O–H groups in total. The molecule has 0 saturated carbocycles. The van der Waals surface area contributed by atoms with Crippen molar-refractivity contribution in [1.29, 1.82) is 0 Å². The van der Waals surface area contributed by atoms with E-state index in [0.717, 1.165) is 22.9 Å². The van der Waals surface area contributed by atoms with E-state index < -0.39 is 10.0 Å². The van der Waals surface area contributed by atoms with E-state index in [2.05, 4.69) is 11.4 Å². The zero-order valence-electron chi connectivity index (χ0n) is 13.7. The second-order valence-corrected chi connectivity index (χ2v) is 8.69. The van der Waals surface area contributed by atoms with Crippen LogP contribution in [0.3, 0.4) is 0 Å². The van der Waals surface area contributed by atoms with Gasteiger partial charge in [0.1, 0.15) is 0 Å². The Morgan fingerprint density at radius 2 is 1.76 bits per heavy atom. The fourth-order valence-corrected chi connectivity index (χ4v) is 5.05. The van der Waals surface area contributed by atoms with E-state index in [1.54, 1.807) is 29.7 Å². The Labute approximate surface area is 151 Å². The molecular weight excluding hydrogens is 350 g/mol. The van der Waals surface area contributed by atoms with Crippen molar-refractivity contribution < 1.29 is 8.42 Å². The first-order valence-corrected chi connectivity index (χ1v) is 10.4. The van der Waals surface area contributed by atoms with Crippen LogP contribution < -0.4 is 0 Å². The first-order chi connectivity index (χ1) is 12.1. The summed E-state index contributed by atoms with van der Waals surface area (Å²) in [6.45, 7) is 1.94. The monoisotopic (exact) mass is 367 g/mol. The summed E-state index contributed by atoms with van der Waals surface area (Å²) >= 11 is 1.65. The summed E-state index contributed by atoms with van der Waals surface area (Å²) in [7, 11) is -3.62. The predicted octanol–water partition coefficient (Wildman–Crippen LogP) is 4.84. The lowest BCUT2D eigenvalue weighted by Gasteiger charge is -2.07. The van der Waals surface area contributed by atoms with E-state index in [-0.39, 0.29) is 0 Å². The van der Waals surface area contributed by atoms with Gasteiger partial charge < -0.3 is 0 Å². The largest absolute Gasteiger partial charge is 0.268 e. The molecule has 0 radical (unpaired) electrons. The van der Waals surface area contributed by atoms with Crippen LogP contribution in [0, 0.1) is 6.92 Å². The number of hydrogen-bond acceptors (Lipinski definition) is 3. The number of hydrogen-bond donors (Lipinski definition) is 0. The van der Waals surface area contributed by atoms with Crippen LogP contribution in [0.15, 0.2) is 76.4 Å². The number of nitrogens with zero attached hydrogens (tertiary/aromatic N) is 1. The summed E-state index contributed by atoms with van der Waals surface area (Å²) in [5.41, 5.74) is 3.97.